The second-order valence-electron chi connectivity index (χ2n) is 8.46. The van der Waals surface area contributed by atoms with E-state index in [1.54, 1.807) is 4.90 Å². The molecule has 0 radical (unpaired) electrons. The number of methoxy groups -OCH3 is 2. The Hall–Kier alpha value is -1.82. The predicted octanol–water partition coefficient (Wildman–Crippen LogP) is 0.923. The van der Waals surface area contributed by atoms with E-state index in [4.69, 9.17) is 31.5 Å². The first-order valence-corrected chi connectivity index (χ1v) is 10.8. The van der Waals surface area contributed by atoms with E-state index in [9.17, 15) is 9.18 Å². The van der Waals surface area contributed by atoms with Crippen molar-refractivity contribution in [2.24, 2.45) is 5.73 Å². The van der Waals surface area contributed by atoms with Gasteiger partial charge in [-0.3, -0.25) is 9.69 Å². The van der Waals surface area contributed by atoms with Crippen molar-refractivity contribution in [1.82, 2.24) is 19.9 Å². The van der Waals surface area contributed by atoms with E-state index in [-0.39, 0.29) is 35.9 Å². The number of amides is 1. The van der Waals surface area contributed by atoms with E-state index in [2.05, 4.69) is 19.9 Å². The van der Waals surface area contributed by atoms with Gasteiger partial charge in [0.15, 0.2) is 6.29 Å². The van der Waals surface area contributed by atoms with Crippen LogP contribution in [-0.4, -0.2) is 89.8 Å². The summed E-state index contributed by atoms with van der Waals surface area (Å²) in [5, 5.41) is -0.0766. The molecule has 12 heteroatoms. The summed E-state index contributed by atoms with van der Waals surface area (Å²) in [6.45, 7) is 1.71. The van der Waals surface area contributed by atoms with Gasteiger partial charge in [0, 0.05) is 27.2 Å². The number of nitrogens with two attached hydrogens (primary N) is 1. The highest BCUT2D eigenvalue weighted by atomic mass is 35.5. The molecule has 2 aliphatic heterocycles. The Kier molecular flexibility index (Phi) is 6.21. The van der Waals surface area contributed by atoms with E-state index < -0.39 is 23.9 Å². The molecule has 2 saturated heterocycles. The zero-order valence-corrected chi connectivity index (χ0v) is 18.5. The fraction of sp³-hybridized carbons (Fsp3) is 0.789. The van der Waals surface area contributed by atoms with Crippen LogP contribution in [0.1, 0.15) is 32.1 Å². The smallest absolute Gasteiger partial charge is 0.322 e. The van der Waals surface area contributed by atoms with Crippen LogP contribution in [0.25, 0.3) is 0 Å². The molecule has 1 aliphatic carbocycles. The third-order valence-electron chi connectivity index (χ3n) is 6.60. The first kappa shape index (κ1) is 22.4. The zero-order chi connectivity index (χ0) is 22.2. The summed E-state index contributed by atoms with van der Waals surface area (Å²) in [6, 6.07) is 0.0233. The Bertz CT molecular complexity index is 827. The molecule has 3 aliphatic rings. The van der Waals surface area contributed by atoms with Crippen LogP contribution in [0.15, 0.2) is 0 Å². The topological polar surface area (TPSA) is 116 Å². The van der Waals surface area contributed by atoms with Crippen LogP contribution in [-0.2, 0) is 14.3 Å². The van der Waals surface area contributed by atoms with Gasteiger partial charge in [0.1, 0.15) is 18.3 Å². The average Bonchev–Trinajstić information content (AvgIpc) is 3.35. The molecule has 0 bridgehead atoms. The lowest BCUT2D eigenvalue weighted by molar-refractivity contribution is -0.121. The summed E-state index contributed by atoms with van der Waals surface area (Å²) in [7, 11) is 3.00. The van der Waals surface area contributed by atoms with Gasteiger partial charge in [-0.1, -0.05) is 0 Å². The lowest BCUT2D eigenvalue weighted by Gasteiger charge is -2.32. The minimum Gasteiger partial charge on any atom is -0.461 e. The van der Waals surface area contributed by atoms with Crippen LogP contribution >= 0.6 is 11.6 Å². The zero-order valence-electron chi connectivity index (χ0n) is 17.7. The van der Waals surface area contributed by atoms with Crippen molar-refractivity contribution in [3.8, 4) is 6.01 Å². The SMILES string of the molecule is COC(CN(c1nc(Cl)nc(OC[C@@]23CCCN2C[C@H](F)C3)n1)C1(C(N)=O)CC1)OC. The van der Waals surface area contributed by atoms with Crippen LogP contribution in [0.5, 0.6) is 6.01 Å². The van der Waals surface area contributed by atoms with Crippen LogP contribution in [0.4, 0.5) is 10.3 Å². The molecule has 3 fully saturated rings. The largest absolute Gasteiger partial charge is 0.461 e. The van der Waals surface area contributed by atoms with Crippen molar-refractivity contribution < 1.29 is 23.4 Å². The summed E-state index contributed by atoms with van der Waals surface area (Å²) in [5.41, 5.74) is 4.39. The molecule has 3 heterocycles. The van der Waals surface area contributed by atoms with Crippen molar-refractivity contribution >= 4 is 23.5 Å². The van der Waals surface area contributed by atoms with Gasteiger partial charge < -0.3 is 24.8 Å². The number of anilines is 1. The Morgan fingerprint density at radius 2 is 2.06 bits per heavy atom. The maximum absolute atomic E-state index is 14.0. The number of alkyl halides is 1. The minimum atomic E-state index is -0.939. The highest BCUT2D eigenvalue weighted by molar-refractivity contribution is 6.28. The molecular formula is C19H28ClFN6O4. The average molecular weight is 459 g/mol. The van der Waals surface area contributed by atoms with Crippen molar-refractivity contribution in [3.63, 3.8) is 0 Å². The van der Waals surface area contributed by atoms with Crippen molar-refractivity contribution in [3.05, 3.63) is 5.28 Å². The number of hydrogen-bond donors (Lipinski definition) is 1. The Balaban J connectivity index is 1.57. The molecule has 10 nitrogen and oxygen atoms in total. The molecule has 4 rings (SSSR count). The molecule has 1 amide bonds. The van der Waals surface area contributed by atoms with Crippen molar-refractivity contribution in [2.45, 2.75) is 55.6 Å². The maximum Gasteiger partial charge on any atom is 0.322 e. The minimum absolute atomic E-state index is 0.0233. The lowest BCUT2D eigenvalue weighted by atomic mass is 9.95. The number of halogens is 2. The van der Waals surface area contributed by atoms with Gasteiger partial charge in [0.2, 0.25) is 17.1 Å². The Morgan fingerprint density at radius 1 is 1.32 bits per heavy atom. The second-order valence-corrected chi connectivity index (χ2v) is 8.80. The van der Waals surface area contributed by atoms with Gasteiger partial charge in [0.25, 0.3) is 0 Å². The summed E-state index contributed by atoms with van der Waals surface area (Å²) in [5.74, 6) is -0.334. The van der Waals surface area contributed by atoms with Crippen molar-refractivity contribution in [1.29, 1.82) is 0 Å². The lowest BCUT2D eigenvalue weighted by Crippen LogP contribution is -2.51. The van der Waals surface area contributed by atoms with Crippen LogP contribution < -0.4 is 15.4 Å². The Labute approximate surface area is 185 Å². The molecule has 0 spiro atoms. The van der Waals surface area contributed by atoms with Gasteiger partial charge in [-0.25, -0.2) is 4.39 Å². The van der Waals surface area contributed by atoms with Crippen molar-refractivity contribution in [2.75, 3.05) is 45.4 Å². The molecule has 31 heavy (non-hydrogen) atoms. The first-order valence-electron chi connectivity index (χ1n) is 10.4. The van der Waals surface area contributed by atoms with E-state index in [0.717, 1.165) is 19.4 Å². The first-order chi connectivity index (χ1) is 14.8. The third kappa shape index (κ3) is 4.28. The molecule has 2 N–H and O–H groups in total. The third-order valence-corrected chi connectivity index (χ3v) is 6.77. The molecule has 1 aromatic rings. The molecular weight excluding hydrogens is 431 g/mol. The number of carbonyl (C=O) groups excluding carboxylic acids is 1. The molecule has 0 unspecified atom stereocenters. The number of rotatable bonds is 10. The quantitative estimate of drug-likeness (QED) is 0.511. The van der Waals surface area contributed by atoms with Gasteiger partial charge in [-0.15, -0.1) is 0 Å². The molecule has 0 aromatic carbocycles. The van der Waals surface area contributed by atoms with Gasteiger partial charge in [-0.2, -0.15) is 15.0 Å². The molecule has 2 atom stereocenters. The highest BCUT2D eigenvalue weighted by Gasteiger charge is 2.55. The summed E-state index contributed by atoms with van der Waals surface area (Å²) in [4.78, 5) is 28.7. The molecule has 172 valence electrons. The molecule has 1 saturated carbocycles. The number of nitrogens with zero attached hydrogens (tertiary/aromatic N) is 5. The van der Waals surface area contributed by atoms with Gasteiger partial charge in [-0.05, 0) is 43.8 Å². The number of ether oxygens (including phenoxy) is 3. The predicted molar refractivity (Wildman–Crippen MR) is 110 cm³/mol. The van der Waals surface area contributed by atoms with E-state index in [0.29, 0.717) is 25.8 Å². The number of aromatic nitrogens is 3. The molecule has 1 aromatic heterocycles. The Morgan fingerprint density at radius 3 is 2.71 bits per heavy atom. The van der Waals surface area contributed by atoms with E-state index >= 15 is 0 Å². The number of fused-ring (bicyclic) bond motifs is 1. The number of carbonyl (C=O) groups is 1. The van der Waals surface area contributed by atoms with Crippen LogP contribution in [0, 0.1) is 0 Å². The number of hydrogen-bond acceptors (Lipinski definition) is 9. The monoisotopic (exact) mass is 458 g/mol. The van der Waals surface area contributed by atoms with Crippen LogP contribution in [0.3, 0.4) is 0 Å². The van der Waals surface area contributed by atoms with Crippen LogP contribution in [0.2, 0.25) is 5.28 Å². The normalized spacial score (nSPS) is 26.8. The summed E-state index contributed by atoms with van der Waals surface area (Å²) >= 11 is 6.16. The fourth-order valence-corrected chi connectivity index (χ4v) is 4.91. The second kappa shape index (κ2) is 8.61. The van der Waals surface area contributed by atoms with Gasteiger partial charge in [0.05, 0.1) is 12.1 Å². The standard InChI is InChI=1S/C19H28ClFN6O4/c1-29-13(30-2)10-27(19(5-6-19)14(22)28)16-23-15(20)24-17(25-16)31-11-18-4-3-7-26(18)9-12(21)8-18/h12-13H,3-11H2,1-2H3,(H2,22,28)/t12-,18+/m1/s1. The maximum atomic E-state index is 14.0. The highest BCUT2D eigenvalue weighted by Crippen LogP contribution is 2.44. The summed E-state index contributed by atoms with van der Waals surface area (Å²) < 4.78 is 30.5. The van der Waals surface area contributed by atoms with Gasteiger partial charge >= 0.3 is 6.01 Å². The van der Waals surface area contributed by atoms with E-state index in [1.165, 1.54) is 14.2 Å². The fourth-order valence-electron chi connectivity index (χ4n) is 4.76. The summed E-state index contributed by atoms with van der Waals surface area (Å²) in [6.07, 6.45) is 1.91. The van der Waals surface area contributed by atoms with E-state index in [1.807, 2.05) is 0 Å². The number of primary amides is 1.